The fourth-order valence-electron chi connectivity index (χ4n) is 7.52. The number of hydrogen-bond donors (Lipinski definition) is 1. The van der Waals surface area contributed by atoms with Gasteiger partial charge in [-0.15, -0.1) is 0 Å². The molecule has 1 fully saturated rings. The maximum absolute atomic E-state index is 14.3. The fraction of sp³-hybridized carbons (Fsp3) is 0.178. The van der Waals surface area contributed by atoms with E-state index in [4.69, 9.17) is 4.74 Å². The molecular formula is C45H41NO2. The van der Waals surface area contributed by atoms with E-state index in [0.29, 0.717) is 0 Å². The quantitative estimate of drug-likeness (QED) is 0.121. The summed E-state index contributed by atoms with van der Waals surface area (Å²) in [5.41, 5.74) is 4.80. The van der Waals surface area contributed by atoms with Crippen molar-refractivity contribution in [3.05, 3.63) is 215 Å². The summed E-state index contributed by atoms with van der Waals surface area (Å²) in [5, 5.41) is 4.15. The van der Waals surface area contributed by atoms with Crippen LogP contribution in [0.25, 0.3) is 0 Å². The topological polar surface area (TPSA) is 38.3 Å². The highest BCUT2D eigenvalue weighted by Gasteiger charge is 2.44. The first kappa shape index (κ1) is 31.4. The molecule has 0 aliphatic heterocycles. The zero-order chi connectivity index (χ0) is 32.7. The molecular weight excluding hydrogens is 587 g/mol. The van der Waals surface area contributed by atoms with Crippen molar-refractivity contribution in [3.63, 3.8) is 0 Å². The smallest absolute Gasteiger partial charge is 0.310 e. The lowest BCUT2D eigenvalue weighted by Crippen LogP contribution is -2.51. The molecule has 0 heterocycles. The lowest BCUT2D eigenvalue weighted by Gasteiger charge is -2.42. The summed E-state index contributed by atoms with van der Waals surface area (Å²) in [6.07, 6.45) is 3.23. The molecule has 0 radical (unpaired) electrons. The first-order chi connectivity index (χ1) is 23.7. The maximum atomic E-state index is 14.3. The molecule has 1 aliphatic rings. The Morgan fingerprint density at radius 1 is 0.438 bits per heavy atom. The van der Waals surface area contributed by atoms with Gasteiger partial charge in [-0.2, -0.15) is 0 Å². The van der Waals surface area contributed by atoms with E-state index in [1.54, 1.807) is 0 Å². The van der Waals surface area contributed by atoms with E-state index in [2.05, 4.69) is 133 Å². The number of ether oxygens (including phenoxy) is 1. The summed E-state index contributed by atoms with van der Waals surface area (Å²) in [4.78, 5) is 14.3. The minimum Gasteiger partial charge on any atom is -0.444 e. The second kappa shape index (κ2) is 14.3. The van der Waals surface area contributed by atoms with Crippen LogP contribution in [0.15, 0.2) is 182 Å². The van der Waals surface area contributed by atoms with Gasteiger partial charge < -0.3 is 4.74 Å². The largest absolute Gasteiger partial charge is 0.444 e. The highest BCUT2D eigenvalue weighted by atomic mass is 16.6. The number of rotatable bonds is 10. The van der Waals surface area contributed by atoms with Gasteiger partial charge in [-0.25, -0.2) is 0 Å². The van der Waals surface area contributed by atoms with Gasteiger partial charge >= 0.3 is 5.97 Å². The number of carbonyl (C=O) groups excluding carboxylic acids is 1. The van der Waals surface area contributed by atoms with Crippen LogP contribution >= 0.6 is 0 Å². The maximum Gasteiger partial charge on any atom is 0.310 e. The summed E-state index contributed by atoms with van der Waals surface area (Å²) in [6.45, 7) is 0. The number of benzene rings is 6. The van der Waals surface area contributed by atoms with Gasteiger partial charge in [0.1, 0.15) is 0 Å². The molecule has 7 rings (SSSR count). The number of hydrogen-bond acceptors (Lipinski definition) is 3. The standard InChI is InChI=1S/C45H41NO2/c47-43(48-45(39-25-13-4-14-26-39,40-27-15-5-16-28-40)41-29-17-6-18-30-41)35-31-33-42(34-32-35)46-44(36-19-7-1-8-20-36,37-21-9-2-10-22-37)38-23-11-3-12-24-38/h1-30,35,42,46H,31-34H2/t35-,42-. The third-order valence-electron chi connectivity index (χ3n) is 9.90. The van der Waals surface area contributed by atoms with Gasteiger partial charge in [0.05, 0.1) is 11.5 Å². The van der Waals surface area contributed by atoms with Crippen LogP contribution in [0.5, 0.6) is 0 Å². The molecule has 6 aromatic carbocycles. The van der Waals surface area contributed by atoms with Crippen molar-refractivity contribution in [2.45, 2.75) is 42.9 Å². The van der Waals surface area contributed by atoms with Crippen LogP contribution in [0, 0.1) is 5.92 Å². The fourth-order valence-corrected chi connectivity index (χ4v) is 7.52. The minimum absolute atomic E-state index is 0.148. The van der Waals surface area contributed by atoms with Crippen molar-refractivity contribution in [2.24, 2.45) is 5.92 Å². The van der Waals surface area contributed by atoms with Crippen LogP contribution in [0.3, 0.4) is 0 Å². The van der Waals surface area contributed by atoms with Crippen LogP contribution in [0.4, 0.5) is 0 Å². The molecule has 0 unspecified atom stereocenters. The van der Waals surface area contributed by atoms with Gasteiger partial charge in [-0.1, -0.05) is 182 Å². The van der Waals surface area contributed by atoms with Crippen LogP contribution in [0.2, 0.25) is 0 Å². The van der Waals surface area contributed by atoms with Crippen molar-refractivity contribution < 1.29 is 9.53 Å². The van der Waals surface area contributed by atoms with Gasteiger partial charge in [0, 0.05) is 22.7 Å². The average Bonchev–Trinajstić information content (AvgIpc) is 3.18. The Balaban J connectivity index is 1.18. The highest BCUT2D eigenvalue weighted by Crippen LogP contribution is 2.43. The second-order valence-electron chi connectivity index (χ2n) is 12.7. The molecule has 6 aromatic rings. The van der Waals surface area contributed by atoms with Crippen molar-refractivity contribution in [1.82, 2.24) is 5.32 Å². The first-order valence-corrected chi connectivity index (χ1v) is 17.0. The van der Waals surface area contributed by atoms with Gasteiger partial charge in [0.2, 0.25) is 0 Å². The normalized spacial score (nSPS) is 16.6. The molecule has 48 heavy (non-hydrogen) atoms. The Hall–Kier alpha value is -5.25. The number of carbonyl (C=O) groups is 1. The van der Waals surface area contributed by atoms with E-state index in [1.807, 2.05) is 54.6 Å². The molecule has 0 atom stereocenters. The Morgan fingerprint density at radius 2 is 0.729 bits per heavy atom. The van der Waals surface area contributed by atoms with Crippen molar-refractivity contribution in [2.75, 3.05) is 0 Å². The molecule has 3 heteroatoms. The van der Waals surface area contributed by atoms with Crippen LogP contribution in [-0.2, 0) is 20.7 Å². The average molecular weight is 628 g/mol. The predicted molar refractivity (Wildman–Crippen MR) is 193 cm³/mol. The lowest BCUT2D eigenvalue weighted by atomic mass is 9.75. The van der Waals surface area contributed by atoms with E-state index < -0.39 is 11.1 Å². The minimum atomic E-state index is -1.06. The molecule has 238 valence electrons. The summed E-state index contributed by atoms with van der Waals surface area (Å²) in [7, 11) is 0. The molecule has 3 nitrogen and oxygen atoms in total. The first-order valence-electron chi connectivity index (χ1n) is 17.0. The number of nitrogens with one attached hydrogen (secondary N) is 1. The molecule has 1 saturated carbocycles. The van der Waals surface area contributed by atoms with Gasteiger partial charge in [0.25, 0.3) is 0 Å². The third-order valence-corrected chi connectivity index (χ3v) is 9.90. The second-order valence-corrected chi connectivity index (χ2v) is 12.7. The molecule has 1 N–H and O–H groups in total. The zero-order valence-electron chi connectivity index (χ0n) is 27.1. The molecule has 1 aliphatic carbocycles. The van der Waals surface area contributed by atoms with Crippen molar-refractivity contribution in [1.29, 1.82) is 0 Å². The van der Waals surface area contributed by atoms with Crippen LogP contribution in [-0.4, -0.2) is 12.0 Å². The predicted octanol–water partition coefficient (Wildman–Crippen LogP) is 9.66. The highest BCUT2D eigenvalue weighted by molar-refractivity contribution is 5.74. The monoisotopic (exact) mass is 627 g/mol. The Labute approximate surface area is 284 Å². The summed E-state index contributed by atoms with van der Waals surface area (Å²) >= 11 is 0. The number of esters is 1. The molecule has 0 aromatic heterocycles. The van der Waals surface area contributed by atoms with E-state index >= 15 is 0 Å². The summed E-state index contributed by atoms with van der Waals surface area (Å²) in [6, 6.07) is 62.8. The van der Waals surface area contributed by atoms with Crippen molar-refractivity contribution in [3.8, 4) is 0 Å². The zero-order valence-corrected chi connectivity index (χ0v) is 27.1. The summed E-state index contributed by atoms with van der Waals surface area (Å²) < 4.78 is 6.82. The van der Waals surface area contributed by atoms with Crippen LogP contribution < -0.4 is 5.32 Å². The molecule has 0 saturated heterocycles. The Morgan fingerprint density at radius 3 is 1.04 bits per heavy atom. The van der Waals surface area contributed by atoms with Gasteiger partial charge in [0.15, 0.2) is 5.60 Å². The summed E-state index contributed by atoms with van der Waals surface area (Å²) in [5.74, 6) is -0.344. The van der Waals surface area contributed by atoms with Gasteiger partial charge in [-0.05, 0) is 42.4 Å². The van der Waals surface area contributed by atoms with E-state index in [-0.39, 0.29) is 17.9 Å². The molecule has 0 bridgehead atoms. The lowest BCUT2D eigenvalue weighted by molar-refractivity contribution is -0.160. The SMILES string of the molecule is O=C(OC(c1ccccc1)(c1ccccc1)c1ccccc1)[C@H]1CC[C@H](NC(c2ccccc2)(c2ccccc2)c2ccccc2)CC1. The van der Waals surface area contributed by atoms with E-state index in [1.165, 1.54) is 16.7 Å². The third kappa shape index (κ3) is 6.10. The Bertz CT molecular complexity index is 1680. The van der Waals surface area contributed by atoms with E-state index in [9.17, 15) is 4.79 Å². The van der Waals surface area contributed by atoms with Crippen LogP contribution in [0.1, 0.15) is 59.1 Å². The Kier molecular flexibility index (Phi) is 9.31. The van der Waals surface area contributed by atoms with E-state index in [0.717, 1.165) is 42.4 Å². The van der Waals surface area contributed by atoms with Crippen molar-refractivity contribution >= 4 is 5.97 Å². The molecule has 0 spiro atoms. The van der Waals surface area contributed by atoms with Gasteiger partial charge in [-0.3, -0.25) is 10.1 Å². The molecule has 0 amide bonds.